The zero-order valence-electron chi connectivity index (χ0n) is 23.2. The molecule has 0 radical (unpaired) electrons. The lowest BCUT2D eigenvalue weighted by Crippen LogP contribution is -2.36. The maximum absolute atomic E-state index is 13.6. The number of benzene rings is 3. The van der Waals surface area contributed by atoms with E-state index < -0.39 is 36.0 Å². The fourth-order valence-corrected chi connectivity index (χ4v) is 4.98. The van der Waals surface area contributed by atoms with E-state index >= 15 is 0 Å². The van der Waals surface area contributed by atoms with Crippen molar-refractivity contribution in [2.75, 3.05) is 13.7 Å². The number of hydrogen-bond donors (Lipinski definition) is 2. The number of alkyl halides is 3. The lowest BCUT2D eigenvalue weighted by Gasteiger charge is -2.17. The Morgan fingerprint density at radius 3 is 2.34 bits per heavy atom. The van der Waals surface area contributed by atoms with Crippen LogP contribution in [-0.4, -0.2) is 41.6 Å². The Morgan fingerprint density at radius 2 is 1.68 bits per heavy atom. The number of carbonyl (C=O) groups excluding carboxylic acids is 2. The van der Waals surface area contributed by atoms with Crippen LogP contribution in [0, 0.1) is 5.82 Å². The summed E-state index contributed by atoms with van der Waals surface area (Å²) in [7, 11) is 1.42. The first-order chi connectivity index (χ1) is 21.1. The van der Waals surface area contributed by atoms with Crippen LogP contribution in [0.1, 0.15) is 39.4 Å². The van der Waals surface area contributed by atoms with E-state index in [9.17, 15) is 27.2 Å². The Balaban J connectivity index is 1.45. The van der Waals surface area contributed by atoms with E-state index in [0.29, 0.717) is 29.8 Å². The molecule has 6 rings (SSSR count). The zero-order chi connectivity index (χ0) is 31.1. The first kappa shape index (κ1) is 28.8. The lowest BCUT2D eigenvalue weighted by atomic mass is 9.97. The molecule has 1 fully saturated rings. The minimum Gasteiger partial charge on any atom is -0.483 e. The predicted octanol–water partition coefficient (Wildman–Crippen LogP) is 6.42. The normalized spacial score (nSPS) is 13.8. The van der Waals surface area contributed by atoms with Gasteiger partial charge in [-0.25, -0.2) is 14.4 Å². The number of rotatable bonds is 8. The maximum atomic E-state index is 13.6. The molecule has 0 spiro atoms. The smallest absolute Gasteiger partial charge is 0.422 e. The van der Waals surface area contributed by atoms with Crippen LogP contribution >= 0.6 is 0 Å². The highest BCUT2D eigenvalue weighted by atomic mass is 19.4. The summed E-state index contributed by atoms with van der Waals surface area (Å²) in [6, 6.07) is 16.0. The van der Waals surface area contributed by atoms with Gasteiger partial charge in [-0.3, -0.25) is 9.59 Å². The van der Waals surface area contributed by atoms with E-state index in [2.05, 4.69) is 20.6 Å². The maximum Gasteiger partial charge on any atom is 0.422 e. The summed E-state index contributed by atoms with van der Waals surface area (Å²) in [5.74, 6) is -1.01. The summed E-state index contributed by atoms with van der Waals surface area (Å²) in [6.07, 6.45) is -0.125. The third-order valence-electron chi connectivity index (χ3n) is 7.27. The number of hydrogen-bond acceptors (Lipinski definition) is 6. The molecule has 1 aliphatic carbocycles. The van der Waals surface area contributed by atoms with Crippen molar-refractivity contribution >= 4 is 22.8 Å². The fraction of sp³-hybridized carbons (Fsp3) is 0.188. The number of nitrogens with zero attached hydrogens (tertiary/aromatic N) is 2. The van der Waals surface area contributed by atoms with Crippen molar-refractivity contribution < 1.29 is 36.3 Å². The molecule has 0 atom stereocenters. The van der Waals surface area contributed by atoms with Crippen LogP contribution in [-0.2, 0) is 5.54 Å². The molecule has 0 bridgehead atoms. The number of furan rings is 1. The van der Waals surface area contributed by atoms with Gasteiger partial charge in [0.25, 0.3) is 11.8 Å². The van der Waals surface area contributed by atoms with Gasteiger partial charge in [-0.1, -0.05) is 12.1 Å². The second-order valence-electron chi connectivity index (χ2n) is 10.3. The molecule has 8 nitrogen and oxygen atoms in total. The first-order valence-electron chi connectivity index (χ1n) is 13.6. The molecule has 0 unspecified atom stereocenters. The van der Waals surface area contributed by atoms with Crippen molar-refractivity contribution in [2.24, 2.45) is 0 Å². The molecule has 12 heteroatoms. The summed E-state index contributed by atoms with van der Waals surface area (Å²) in [4.78, 5) is 34.9. The average Bonchev–Trinajstić information content (AvgIpc) is 3.71. The predicted molar refractivity (Wildman–Crippen MR) is 152 cm³/mol. The summed E-state index contributed by atoms with van der Waals surface area (Å²) in [5.41, 5.74) is 0.685. The van der Waals surface area contributed by atoms with Crippen molar-refractivity contribution in [3.05, 3.63) is 102 Å². The Labute approximate surface area is 248 Å². The molecular formula is C32H24F4N4O4. The molecule has 0 aliphatic heterocycles. The van der Waals surface area contributed by atoms with E-state index in [-0.39, 0.29) is 39.2 Å². The molecule has 224 valence electrons. The molecule has 2 aromatic heterocycles. The zero-order valence-corrected chi connectivity index (χ0v) is 23.2. The Morgan fingerprint density at radius 1 is 0.955 bits per heavy atom. The summed E-state index contributed by atoms with van der Waals surface area (Å²) in [6.45, 7) is -1.58. The van der Waals surface area contributed by atoms with Crippen LogP contribution in [0.2, 0.25) is 0 Å². The number of fused-ring (bicyclic) bond motifs is 1. The van der Waals surface area contributed by atoms with Gasteiger partial charge in [-0.2, -0.15) is 13.2 Å². The van der Waals surface area contributed by atoms with Crippen LogP contribution < -0.4 is 15.4 Å². The molecule has 2 N–H and O–H groups in total. The second-order valence-corrected chi connectivity index (χ2v) is 10.3. The van der Waals surface area contributed by atoms with Crippen molar-refractivity contribution in [3.8, 4) is 28.2 Å². The highest BCUT2D eigenvalue weighted by molar-refractivity contribution is 6.12. The van der Waals surface area contributed by atoms with Gasteiger partial charge in [0, 0.05) is 47.6 Å². The Kier molecular flexibility index (Phi) is 7.28. The summed E-state index contributed by atoms with van der Waals surface area (Å²) < 4.78 is 64.5. The van der Waals surface area contributed by atoms with E-state index in [1.54, 1.807) is 36.7 Å². The average molecular weight is 605 g/mol. The van der Waals surface area contributed by atoms with Crippen LogP contribution in [0.4, 0.5) is 17.6 Å². The fourth-order valence-electron chi connectivity index (χ4n) is 4.98. The number of aromatic nitrogens is 2. The van der Waals surface area contributed by atoms with E-state index in [1.807, 2.05) is 0 Å². The summed E-state index contributed by atoms with van der Waals surface area (Å²) >= 11 is 0. The SMILES string of the molecule is CNC(=O)c1c(-c2ccc(F)cc2)oc2cc(OCC(F)(F)F)c(-c3cccc(C(=O)NC4(c5ncccn5)CC4)c3)cc12. The standard InChI is InChI=1S/C32H24F4N4O4/c1-37-29(42)26-23-15-22(19-4-2-5-20(14-19)28(41)40-31(10-11-31)30-38-12-3-13-39-30)24(43-17-32(34,35)36)16-25(23)44-27(26)18-6-8-21(33)9-7-18/h2-9,12-16H,10-11,17H2,1H3,(H,37,42)(H,40,41). The molecule has 1 aliphatic rings. The van der Waals surface area contributed by atoms with Gasteiger partial charge >= 0.3 is 6.18 Å². The largest absolute Gasteiger partial charge is 0.483 e. The van der Waals surface area contributed by atoms with Gasteiger partial charge in [0.15, 0.2) is 12.4 Å². The number of ether oxygens (including phenoxy) is 1. The monoisotopic (exact) mass is 604 g/mol. The number of amides is 2. The number of nitrogens with one attached hydrogen (secondary N) is 2. The lowest BCUT2D eigenvalue weighted by molar-refractivity contribution is -0.153. The van der Waals surface area contributed by atoms with Crippen LogP contribution in [0.3, 0.4) is 0 Å². The minimum atomic E-state index is -4.64. The van der Waals surface area contributed by atoms with Crippen LogP contribution in [0.25, 0.3) is 33.4 Å². The van der Waals surface area contributed by atoms with Crippen molar-refractivity contribution in [1.82, 2.24) is 20.6 Å². The molecular weight excluding hydrogens is 580 g/mol. The third kappa shape index (κ3) is 5.70. The van der Waals surface area contributed by atoms with E-state index in [1.165, 1.54) is 49.5 Å². The molecule has 2 amide bonds. The molecule has 5 aromatic rings. The van der Waals surface area contributed by atoms with Crippen LogP contribution in [0.5, 0.6) is 5.75 Å². The molecule has 1 saturated carbocycles. The molecule has 0 saturated heterocycles. The van der Waals surface area contributed by atoms with Gasteiger partial charge in [0.05, 0.1) is 5.56 Å². The highest BCUT2D eigenvalue weighted by Gasteiger charge is 2.48. The molecule has 2 heterocycles. The van der Waals surface area contributed by atoms with Gasteiger partial charge in [0.2, 0.25) is 0 Å². The number of carbonyl (C=O) groups is 2. The minimum absolute atomic E-state index is 0.0799. The summed E-state index contributed by atoms with van der Waals surface area (Å²) in [5, 5.41) is 5.82. The van der Waals surface area contributed by atoms with E-state index in [4.69, 9.17) is 9.15 Å². The van der Waals surface area contributed by atoms with Gasteiger partial charge in [-0.15, -0.1) is 0 Å². The molecule has 3 aromatic carbocycles. The Hall–Kier alpha value is -5.26. The van der Waals surface area contributed by atoms with E-state index in [0.717, 1.165) is 0 Å². The second kappa shape index (κ2) is 11.1. The van der Waals surface area contributed by atoms with Crippen LogP contribution in [0.15, 0.2) is 83.5 Å². The quantitative estimate of drug-likeness (QED) is 0.198. The molecule has 44 heavy (non-hydrogen) atoms. The number of halogens is 4. The van der Waals surface area contributed by atoms with Crippen molar-refractivity contribution in [3.63, 3.8) is 0 Å². The highest BCUT2D eigenvalue weighted by Crippen LogP contribution is 2.44. The topological polar surface area (TPSA) is 106 Å². The first-order valence-corrected chi connectivity index (χ1v) is 13.6. The van der Waals surface area contributed by atoms with Gasteiger partial charge in [-0.05, 0) is 66.9 Å². The Bertz CT molecular complexity index is 1870. The van der Waals surface area contributed by atoms with Crippen molar-refractivity contribution in [2.45, 2.75) is 24.6 Å². The van der Waals surface area contributed by atoms with Gasteiger partial charge < -0.3 is 19.8 Å². The third-order valence-corrected chi connectivity index (χ3v) is 7.27. The van der Waals surface area contributed by atoms with Crippen molar-refractivity contribution in [1.29, 1.82) is 0 Å². The van der Waals surface area contributed by atoms with Gasteiger partial charge in [0.1, 0.15) is 28.4 Å².